The van der Waals surface area contributed by atoms with Crippen molar-refractivity contribution in [2.45, 2.75) is 23.2 Å². The molecule has 3 aromatic rings. The summed E-state index contributed by atoms with van der Waals surface area (Å²) in [5, 5.41) is 0.167. The van der Waals surface area contributed by atoms with Crippen LogP contribution in [0, 0.1) is 5.82 Å². The van der Waals surface area contributed by atoms with Crippen molar-refractivity contribution in [3.63, 3.8) is 0 Å². The Labute approximate surface area is 152 Å². The van der Waals surface area contributed by atoms with E-state index in [-0.39, 0.29) is 11.1 Å². The summed E-state index contributed by atoms with van der Waals surface area (Å²) in [6.07, 6.45) is 0. The van der Waals surface area contributed by atoms with Crippen LogP contribution in [0.5, 0.6) is 0 Å². The largest absolute Gasteiger partial charge is 0.341 e. The first-order valence-electron chi connectivity index (χ1n) is 8.45. The van der Waals surface area contributed by atoms with Crippen LogP contribution in [0.3, 0.4) is 0 Å². The van der Waals surface area contributed by atoms with Gasteiger partial charge in [0.25, 0.3) is 0 Å². The molecule has 0 spiro atoms. The molecule has 0 N–H and O–H groups in total. The third-order valence-corrected chi connectivity index (χ3v) is 5.97. The fourth-order valence-corrected chi connectivity index (χ4v) is 4.71. The van der Waals surface area contributed by atoms with Gasteiger partial charge in [-0.3, -0.25) is 0 Å². The van der Waals surface area contributed by atoms with Crippen molar-refractivity contribution < 1.29 is 4.39 Å². The lowest BCUT2D eigenvalue weighted by Gasteiger charge is -2.18. The first-order chi connectivity index (χ1) is 12.1. The number of hydrogen-bond acceptors (Lipinski definition) is 2. The maximum atomic E-state index is 13.4. The second kappa shape index (κ2) is 6.70. The highest BCUT2D eigenvalue weighted by Gasteiger charge is 2.25. The van der Waals surface area contributed by atoms with Crippen LogP contribution in [0.4, 0.5) is 4.39 Å². The van der Waals surface area contributed by atoms with Crippen LogP contribution in [0.25, 0.3) is 0 Å². The summed E-state index contributed by atoms with van der Waals surface area (Å²) >= 11 is 1.85. The maximum Gasteiger partial charge on any atom is 0.123 e. The molecule has 0 saturated heterocycles. The van der Waals surface area contributed by atoms with Crippen LogP contribution >= 0.6 is 11.8 Å². The summed E-state index contributed by atoms with van der Waals surface area (Å²) in [6, 6.07) is 20.0. The molecule has 1 aliphatic rings. The summed E-state index contributed by atoms with van der Waals surface area (Å²) in [5.74, 6) is -0.188. The van der Waals surface area contributed by atoms with Gasteiger partial charge in [-0.05, 0) is 55.6 Å². The van der Waals surface area contributed by atoms with Crippen molar-refractivity contribution in [3.05, 3.63) is 89.0 Å². The molecule has 2 aromatic carbocycles. The van der Waals surface area contributed by atoms with Crippen molar-refractivity contribution >= 4 is 11.8 Å². The first kappa shape index (κ1) is 16.4. The van der Waals surface area contributed by atoms with Crippen LogP contribution in [-0.4, -0.2) is 23.6 Å². The average Bonchev–Trinajstić information content (AvgIpc) is 2.88. The molecule has 0 bridgehead atoms. The highest BCUT2D eigenvalue weighted by molar-refractivity contribution is 7.99. The number of thioether (sulfide) groups is 1. The van der Waals surface area contributed by atoms with E-state index in [1.165, 1.54) is 21.8 Å². The number of rotatable bonds is 3. The maximum absolute atomic E-state index is 13.4. The molecule has 128 valence electrons. The number of fused-ring (bicyclic) bond motifs is 2. The van der Waals surface area contributed by atoms with Gasteiger partial charge in [-0.1, -0.05) is 30.3 Å². The Kier molecular flexibility index (Phi) is 4.40. The molecular weight excluding hydrogens is 331 g/mol. The highest BCUT2D eigenvalue weighted by Crippen LogP contribution is 2.45. The Morgan fingerprint density at radius 2 is 1.80 bits per heavy atom. The quantitative estimate of drug-likeness (QED) is 0.660. The Hall–Kier alpha value is -2.04. The normalized spacial score (nSPS) is 16.4. The molecule has 2 heterocycles. The number of aromatic nitrogens is 1. The van der Waals surface area contributed by atoms with Gasteiger partial charge in [0, 0.05) is 29.4 Å². The van der Waals surface area contributed by atoms with Gasteiger partial charge >= 0.3 is 0 Å². The summed E-state index contributed by atoms with van der Waals surface area (Å²) in [6.45, 7) is 1.79. The first-order valence-corrected chi connectivity index (χ1v) is 9.33. The monoisotopic (exact) mass is 352 g/mol. The Balaban J connectivity index is 1.84. The van der Waals surface area contributed by atoms with Gasteiger partial charge in [0.2, 0.25) is 0 Å². The minimum atomic E-state index is -0.188. The Bertz CT molecular complexity index is 883. The van der Waals surface area contributed by atoms with E-state index in [1.807, 2.05) is 23.9 Å². The summed E-state index contributed by atoms with van der Waals surface area (Å²) in [7, 11) is 4.19. The van der Waals surface area contributed by atoms with Crippen molar-refractivity contribution in [3.8, 4) is 0 Å². The van der Waals surface area contributed by atoms with Gasteiger partial charge < -0.3 is 9.47 Å². The van der Waals surface area contributed by atoms with E-state index < -0.39 is 0 Å². The molecule has 25 heavy (non-hydrogen) atoms. The molecule has 1 aromatic heterocycles. The fourth-order valence-electron chi connectivity index (χ4n) is 3.39. The lowest BCUT2D eigenvalue weighted by atomic mass is 10.1. The van der Waals surface area contributed by atoms with Gasteiger partial charge in [-0.15, -0.1) is 11.8 Å². The summed E-state index contributed by atoms with van der Waals surface area (Å²) < 4.78 is 15.8. The van der Waals surface area contributed by atoms with E-state index in [0.717, 1.165) is 18.7 Å². The fraction of sp³-hybridized carbons (Fsp3) is 0.238. The second-order valence-electron chi connectivity index (χ2n) is 6.73. The van der Waals surface area contributed by atoms with Gasteiger partial charge in [0.05, 0.1) is 5.25 Å². The third-order valence-electron chi connectivity index (χ3n) is 4.57. The smallest absolute Gasteiger partial charge is 0.123 e. The molecule has 0 saturated carbocycles. The molecule has 1 aliphatic heterocycles. The topological polar surface area (TPSA) is 8.17 Å². The summed E-state index contributed by atoms with van der Waals surface area (Å²) in [4.78, 5) is 3.50. The number of hydrogen-bond donors (Lipinski definition) is 0. The minimum Gasteiger partial charge on any atom is -0.341 e. The standard InChI is InChI=1S/C21H21FN2S/c1-23(2)14-18-11-12-19-21(15-7-9-17(22)10-8-15)25-20-6-4-3-5-16(20)13-24(18)19/h3-12,21H,13-14H2,1-2H3. The van der Waals surface area contributed by atoms with Crippen LogP contribution < -0.4 is 0 Å². The van der Waals surface area contributed by atoms with Crippen molar-refractivity contribution in [2.75, 3.05) is 14.1 Å². The van der Waals surface area contributed by atoms with E-state index in [0.29, 0.717) is 0 Å². The van der Waals surface area contributed by atoms with Crippen LogP contribution in [0.1, 0.15) is 27.8 Å². The number of benzene rings is 2. The predicted octanol–water partition coefficient (Wildman–Crippen LogP) is 4.93. The molecule has 0 radical (unpaired) electrons. The molecular formula is C21H21FN2S. The number of halogens is 1. The van der Waals surface area contributed by atoms with E-state index in [4.69, 9.17) is 0 Å². The zero-order valence-corrected chi connectivity index (χ0v) is 15.3. The third kappa shape index (κ3) is 3.24. The van der Waals surface area contributed by atoms with Crippen molar-refractivity contribution in [1.29, 1.82) is 0 Å². The molecule has 0 aliphatic carbocycles. The lowest BCUT2D eigenvalue weighted by molar-refractivity contribution is 0.388. The predicted molar refractivity (Wildman–Crippen MR) is 101 cm³/mol. The highest BCUT2D eigenvalue weighted by atomic mass is 32.2. The molecule has 0 amide bonds. The van der Waals surface area contributed by atoms with Gasteiger partial charge in [-0.2, -0.15) is 0 Å². The van der Waals surface area contributed by atoms with Crippen LogP contribution in [-0.2, 0) is 13.1 Å². The molecule has 2 nitrogen and oxygen atoms in total. The molecule has 0 fully saturated rings. The van der Waals surface area contributed by atoms with Gasteiger partial charge in [0.15, 0.2) is 0 Å². The van der Waals surface area contributed by atoms with Gasteiger partial charge in [0.1, 0.15) is 5.82 Å². The minimum absolute atomic E-state index is 0.167. The van der Waals surface area contributed by atoms with Crippen LogP contribution in [0.2, 0.25) is 0 Å². The molecule has 4 heteroatoms. The van der Waals surface area contributed by atoms with E-state index in [9.17, 15) is 4.39 Å². The summed E-state index contributed by atoms with van der Waals surface area (Å²) in [5.41, 5.74) is 5.07. The average molecular weight is 352 g/mol. The van der Waals surface area contributed by atoms with Gasteiger partial charge in [-0.25, -0.2) is 4.39 Å². The Morgan fingerprint density at radius 3 is 2.56 bits per heavy atom. The molecule has 4 rings (SSSR count). The lowest BCUT2D eigenvalue weighted by Crippen LogP contribution is -2.16. The zero-order valence-electron chi connectivity index (χ0n) is 14.4. The number of nitrogens with zero attached hydrogens (tertiary/aromatic N) is 2. The molecule has 1 atom stereocenters. The van der Waals surface area contributed by atoms with E-state index in [2.05, 4.69) is 60.0 Å². The van der Waals surface area contributed by atoms with Crippen LogP contribution in [0.15, 0.2) is 65.6 Å². The van der Waals surface area contributed by atoms with Crippen molar-refractivity contribution in [2.24, 2.45) is 0 Å². The Morgan fingerprint density at radius 1 is 1.04 bits per heavy atom. The van der Waals surface area contributed by atoms with Crippen molar-refractivity contribution in [1.82, 2.24) is 9.47 Å². The van der Waals surface area contributed by atoms with E-state index in [1.54, 1.807) is 12.1 Å². The zero-order chi connectivity index (χ0) is 17.4. The second-order valence-corrected chi connectivity index (χ2v) is 7.88. The van der Waals surface area contributed by atoms with E-state index >= 15 is 0 Å². The molecule has 1 unspecified atom stereocenters. The SMILES string of the molecule is CN(C)Cc1ccc2n1Cc1ccccc1SC2c1ccc(F)cc1.